The summed E-state index contributed by atoms with van der Waals surface area (Å²) >= 11 is 0. The molecule has 5 heteroatoms. The van der Waals surface area contributed by atoms with Gasteiger partial charge in [-0.05, 0) is 59.4 Å². The fourth-order valence-electron chi connectivity index (χ4n) is 5.33. The number of aromatic nitrogens is 1. The number of sulfone groups is 1. The van der Waals surface area contributed by atoms with Crippen molar-refractivity contribution in [2.75, 3.05) is 5.75 Å². The lowest BCUT2D eigenvalue weighted by atomic mass is 9.88. The number of carbonyl (C=O) groups is 1. The van der Waals surface area contributed by atoms with Crippen LogP contribution in [0.2, 0.25) is 0 Å². The van der Waals surface area contributed by atoms with Crippen LogP contribution in [0.4, 0.5) is 0 Å². The summed E-state index contributed by atoms with van der Waals surface area (Å²) in [5.41, 5.74) is 2.10. The number of hydrogen-bond acceptors (Lipinski definition) is 4. The predicted octanol–water partition coefficient (Wildman–Crippen LogP) is 6.53. The van der Waals surface area contributed by atoms with Crippen LogP contribution in [0.25, 0.3) is 10.8 Å². The number of hydrogen-bond donors (Lipinski definition) is 0. The Hall–Kier alpha value is -2.53. The molecule has 1 unspecified atom stereocenters. The summed E-state index contributed by atoms with van der Waals surface area (Å²) in [7, 11) is -3.24. The van der Waals surface area contributed by atoms with Gasteiger partial charge in [0, 0.05) is 30.1 Å². The average molecular weight is 478 g/mol. The molecule has 0 aliphatic heterocycles. The van der Waals surface area contributed by atoms with E-state index in [0.29, 0.717) is 17.2 Å². The van der Waals surface area contributed by atoms with Gasteiger partial charge in [0.1, 0.15) is 5.78 Å². The van der Waals surface area contributed by atoms with Crippen LogP contribution in [0, 0.1) is 11.8 Å². The fraction of sp³-hybridized carbons (Fsp3) is 0.448. The summed E-state index contributed by atoms with van der Waals surface area (Å²) in [6.45, 7) is 0. The van der Waals surface area contributed by atoms with Gasteiger partial charge in [0.2, 0.25) is 0 Å². The van der Waals surface area contributed by atoms with E-state index in [1.807, 2.05) is 36.5 Å². The van der Waals surface area contributed by atoms with Crippen molar-refractivity contribution in [3.8, 4) is 0 Å². The Morgan fingerprint density at radius 2 is 1.71 bits per heavy atom. The number of fused-ring (bicyclic) bond motifs is 1. The molecule has 2 aliphatic carbocycles. The number of ketones is 1. The molecule has 0 bridgehead atoms. The van der Waals surface area contributed by atoms with Crippen LogP contribution in [-0.4, -0.2) is 24.9 Å². The molecule has 0 spiro atoms. The fourth-order valence-corrected chi connectivity index (χ4v) is 6.76. The first-order chi connectivity index (χ1) is 16.0. The Morgan fingerprint density at radius 1 is 0.941 bits per heavy atom. The number of rotatable bonds is 8. The van der Waals surface area contributed by atoms with Crippen molar-refractivity contribution in [3.05, 3.63) is 72.1 Å². The van der Waals surface area contributed by atoms with Crippen LogP contribution >= 0.6 is 0 Å². The molecule has 2 aromatic carbocycles. The molecule has 180 valence electrons. The maximum atomic E-state index is 12.8. The minimum Gasteiger partial charge on any atom is -0.299 e. The van der Waals surface area contributed by atoms with Crippen molar-refractivity contribution >= 4 is 26.4 Å². The second-order valence-electron chi connectivity index (χ2n) is 9.83. The molecule has 5 rings (SSSR count). The Kier molecular flexibility index (Phi) is 7.51. The highest BCUT2D eigenvalue weighted by molar-refractivity contribution is 7.91. The van der Waals surface area contributed by atoms with Crippen LogP contribution < -0.4 is 0 Å². The first-order valence-corrected chi connectivity index (χ1v) is 13.8. The number of benzene rings is 2. The lowest BCUT2D eigenvalue weighted by Crippen LogP contribution is -2.14. The van der Waals surface area contributed by atoms with Gasteiger partial charge in [-0.3, -0.25) is 9.78 Å². The monoisotopic (exact) mass is 477 g/mol. The zero-order chi connectivity index (χ0) is 22.8. The molecule has 2 fully saturated rings. The van der Waals surface area contributed by atoms with Gasteiger partial charge in [-0.2, -0.15) is 0 Å². The molecule has 0 radical (unpaired) electrons. The molecule has 1 aromatic heterocycles. The van der Waals surface area contributed by atoms with Crippen molar-refractivity contribution < 1.29 is 13.2 Å². The summed E-state index contributed by atoms with van der Waals surface area (Å²) in [6, 6.07) is 15.4. The van der Waals surface area contributed by atoms with Gasteiger partial charge < -0.3 is 0 Å². The van der Waals surface area contributed by atoms with E-state index in [2.05, 4.69) is 11.1 Å². The minimum atomic E-state index is -3.24. The van der Waals surface area contributed by atoms with Crippen molar-refractivity contribution in [2.24, 2.45) is 11.8 Å². The van der Waals surface area contributed by atoms with Gasteiger partial charge >= 0.3 is 0 Å². The average Bonchev–Trinajstić information content (AvgIpc) is 3.65. The maximum Gasteiger partial charge on any atom is 0.178 e. The van der Waals surface area contributed by atoms with Crippen LogP contribution in [0.1, 0.15) is 69.4 Å². The molecule has 3 aromatic rings. The zero-order valence-electron chi connectivity index (χ0n) is 18.9. The third-order valence-corrected chi connectivity index (χ3v) is 9.24. The molecule has 0 saturated heterocycles. The van der Waals surface area contributed by atoms with E-state index in [0.717, 1.165) is 34.7 Å². The van der Waals surface area contributed by atoms with Gasteiger partial charge in [-0.1, -0.05) is 69.9 Å². The molecule has 2 aliphatic rings. The van der Waals surface area contributed by atoms with E-state index < -0.39 is 9.84 Å². The summed E-state index contributed by atoms with van der Waals surface area (Å²) in [6.07, 6.45) is 11.8. The normalized spacial score (nSPS) is 20.6. The molecular formula is C29H35NO3S. The highest BCUT2D eigenvalue weighted by atomic mass is 32.2. The summed E-state index contributed by atoms with van der Waals surface area (Å²) in [4.78, 5) is 17.4. The highest BCUT2D eigenvalue weighted by Gasteiger charge is 2.43. The molecule has 0 amide bonds. The minimum absolute atomic E-state index is 0. The van der Waals surface area contributed by atoms with Crippen LogP contribution in [0.3, 0.4) is 0 Å². The number of carbonyl (C=O) groups excluding carboxylic acids is 1. The van der Waals surface area contributed by atoms with Gasteiger partial charge in [-0.25, -0.2) is 8.42 Å². The smallest absolute Gasteiger partial charge is 0.178 e. The third-order valence-electron chi connectivity index (χ3n) is 7.47. The first kappa shape index (κ1) is 24.6. The molecule has 2 saturated carbocycles. The summed E-state index contributed by atoms with van der Waals surface area (Å²) < 4.78 is 25.6. The van der Waals surface area contributed by atoms with Gasteiger partial charge in [0.25, 0.3) is 0 Å². The second-order valence-corrected chi connectivity index (χ2v) is 11.9. The second kappa shape index (κ2) is 10.4. The molecule has 0 N–H and O–H groups in total. The summed E-state index contributed by atoms with van der Waals surface area (Å²) in [5, 5.41) is 2.18. The van der Waals surface area contributed by atoms with Crippen LogP contribution in [0.5, 0.6) is 0 Å². The topological polar surface area (TPSA) is 64.1 Å². The maximum absolute atomic E-state index is 12.8. The van der Waals surface area contributed by atoms with Gasteiger partial charge in [-0.15, -0.1) is 0 Å². The van der Waals surface area contributed by atoms with E-state index in [-0.39, 0.29) is 30.8 Å². The summed E-state index contributed by atoms with van der Waals surface area (Å²) in [5.74, 6) is 1.31. The molecular weight excluding hydrogens is 442 g/mol. The SMILES string of the molecule is C.O=C(Cc1ccc2cnccc2c1)[C@@H]1CC1c1ccc(S(=O)(=O)CCC2CCCCC2)cc1. The number of nitrogens with zero attached hydrogens (tertiary/aromatic N) is 1. The molecule has 34 heavy (non-hydrogen) atoms. The van der Waals surface area contributed by atoms with E-state index in [1.165, 1.54) is 32.1 Å². The van der Waals surface area contributed by atoms with E-state index in [1.54, 1.807) is 18.3 Å². The van der Waals surface area contributed by atoms with Crippen molar-refractivity contribution in [1.29, 1.82) is 0 Å². The standard InChI is InChI=1S/C28H31NO3S.CH4/c30-28(17-21-6-7-24-19-29-14-12-23(24)16-21)27-18-26(27)22-8-10-25(11-9-22)33(31,32)15-13-20-4-2-1-3-5-20;/h6-12,14,16,19-20,26-27H,1-5,13,15,17-18H2;1H4/t26?,27-;/m1./s1. The largest absolute Gasteiger partial charge is 0.299 e. The quantitative estimate of drug-likeness (QED) is 0.370. The third kappa shape index (κ3) is 5.57. The Balaban J connectivity index is 0.00000274. The predicted molar refractivity (Wildman–Crippen MR) is 138 cm³/mol. The van der Waals surface area contributed by atoms with Crippen LogP contribution in [0.15, 0.2) is 65.8 Å². The van der Waals surface area contributed by atoms with E-state index in [4.69, 9.17) is 0 Å². The molecule has 4 nitrogen and oxygen atoms in total. The Labute approximate surface area is 203 Å². The zero-order valence-corrected chi connectivity index (χ0v) is 19.8. The molecule has 1 heterocycles. The van der Waals surface area contributed by atoms with Crippen molar-refractivity contribution in [2.45, 2.75) is 69.6 Å². The number of Topliss-reactive ketones (excluding diaryl/α,β-unsaturated/α-hetero) is 1. The highest BCUT2D eigenvalue weighted by Crippen LogP contribution is 2.48. The lowest BCUT2D eigenvalue weighted by molar-refractivity contribution is -0.119. The van der Waals surface area contributed by atoms with Gasteiger partial charge in [0.15, 0.2) is 9.84 Å². The van der Waals surface area contributed by atoms with E-state index in [9.17, 15) is 13.2 Å². The lowest BCUT2D eigenvalue weighted by Gasteiger charge is -2.21. The Bertz CT molecular complexity index is 1240. The van der Waals surface area contributed by atoms with E-state index >= 15 is 0 Å². The van der Waals surface area contributed by atoms with Gasteiger partial charge in [0.05, 0.1) is 10.6 Å². The van der Waals surface area contributed by atoms with Crippen molar-refractivity contribution in [3.63, 3.8) is 0 Å². The first-order valence-electron chi connectivity index (χ1n) is 12.2. The molecule has 2 atom stereocenters. The Morgan fingerprint density at radius 3 is 2.47 bits per heavy atom. The van der Waals surface area contributed by atoms with Crippen molar-refractivity contribution in [1.82, 2.24) is 4.98 Å². The van der Waals surface area contributed by atoms with Crippen LogP contribution in [-0.2, 0) is 21.1 Å². The number of pyridine rings is 1.